The monoisotopic (exact) mass is 286 g/mol. The van der Waals surface area contributed by atoms with Gasteiger partial charge in [-0.2, -0.15) is 5.10 Å². The van der Waals surface area contributed by atoms with E-state index in [4.69, 9.17) is 16.3 Å². The van der Waals surface area contributed by atoms with E-state index in [1.54, 1.807) is 13.3 Å². The van der Waals surface area contributed by atoms with Gasteiger partial charge in [-0.15, -0.1) is 0 Å². The van der Waals surface area contributed by atoms with Crippen LogP contribution in [0.25, 0.3) is 0 Å². The molecule has 0 bridgehead atoms. The largest absolute Gasteiger partial charge is 0.383 e. The van der Waals surface area contributed by atoms with Crippen LogP contribution in [0.15, 0.2) is 11.0 Å². The Labute approximate surface area is 117 Å². The molecule has 1 fully saturated rings. The summed E-state index contributed by atoms with van der Waals surface area (Å²) in [6.45, 7) is 2.41. The van der Waals surface area contributed by atoms with E-state index in [1.807, 2.05) is 0 Å². The van der Waals surface area contributed by atoms with Gasteiger partial charge in [0.25, 0.3) is 5.56 Å². The fraction of sp³-hybridized carbons (Fsp3) is 0.667. The van der Waals surface area contributed by atoms with Crippen molar-refractivity contribution >= 4 is 17.3 Å². The maximum Gasteiger partial charge on any atom is 0.287 e. The van der Waals surface area contributed by atoms with Gasteiger partial charge in [0, 0.05) is 26.2 Å². The Bertz CT molecular complexity index is 473. The molecule has 0 aromatic carbocycles. The van der Waals surface area contributed by atoms with Crippen LogP contribution >= 0.6 is 11.6 Å². The van der Waals surface area contributed by atoms with Crippen LogP contribution in [0.2, 0.25) is 5.02 Å². The van der Waals surface area contributed by atoms with Crippen LogP contribution < -0.4 is 16.2 Å². The van der Waals surface area contributed by atoms with E-state index < -0.39 is 0 Å². The molecule has 0 aliphatic heterocycles. The van der Waals surface area contributed by atoms with Gasteiger partial charge in [0.2, 0.25) is 0 Å². The molecule has 0 unspecified atom stereocenters. The van der Waals surface area contributed by atoms with Gasteiger partial charge in [0.1, 0.15) is 5.02 Å². The molecule has 2 N–H and O–H groups in total. The van der Waals surface area contributed by atoms with Crippen molar-refractivity contribution in [2.75, 3.05) is 32.1 Å². The van der Waals surface area contributed by atoms with E-state index in [9.17, 15) is 4.79 Å². The lowest BCUT2D eigenvalue weighted by molar-refractivity contribution is 0.182. The summed E-state index contributed by atoms with van der Waals surface area (Å²) >= 11 is 6.03. The van der Waals surface area contributed by atoms with Crippen LogP contribution in [-0.2, 0) is 11.3 Å². The van der Waals surface area contributed by atoms with Gasteiger partial charge in [-0.05, 0) is 12.8 Å². The van der Waals surface area contributed by atoms with Gasteiger partial charge in [0.15, 0.2) is 0 Å². The number of halogens is 1. The quantitative estimate of drug-likeness (QED) is 0.689. The molecular weight excluding hydrogens is 268 g/mol. The van der Waals surface area contributed by atoms with Crippen molar-refractivity contribution in [1.29, 1.82) is 0 Å². The normalized spacial score (nSPS) is 14.6. The van der Waals surface area contributed by atoms with Crippen molar-refractivity contribution in [1.82, 2.24) is 15.1 Å². The van der Waals surface area contributed by atoms with Gasteiger partial charge in [-0.25, -0.2) is 4.68 Å². The molecule has 7 heteroatoms. The Balaban J connectivity index is 1.89. The Morgan fingerprint density at radius 1 is 1.53 bits per heavy atom. The average Bonchev–Trinajstić information content (AvgIpc) is 3.22. The molecule has 1 saturated carbocycles. The number of ether oxygens (including phenoxy) is 1. The molecule has 1 heterocycles. The van der Waals surface area contributed by atoms with Crippen molar-refractivity contribution in [2.45, 2.75) is 25.4 Å². The van der Waals surface area contributed by atoms with Crippen LogP contribution in [0.5, 0.6) is 0 Å². The van der Waals surface area contributed by atoms with E-state index >= 15 is 0 Å². The minimum Gasteiger partial charge on any atom is -0.383 e. The summed E-state index contributed by atoms with van der Waals surface area (Å²) in [6.07, 6.45) is 4.10. The van der Waals surface area contributed by atoms with Crippen LogP contribution in [-0.4, -0.2) is 42.6 Å². The maximum atomic E-state index is 11.9. The van der Waals surface area contributed by atoms with E-state index in [1.165, 1.54) is 17.5 Å². The third-order valence-corrected chi connectivity index (χ3v) is 3.31. The number of aromatic nitrogens is 2. The smallest absolute Gasteiger partial charge is 0.287 e. The first-order chi connectivity index (χ1) is 9.22. The summed E-state index contributed by atoms with van der Waals surface area (Å²) in [6, 6.07) is 0.678. The Morgan fingerprint density at radius 2 is 2.32 bits per heavy atom. The summed E-state index contributed by atoms with van der Waals surface area (Å²) in [5.74, 6) is 0. The zero-order valence-electron chi connectivity index (χ0n) is 11.0. The number of anilines is 1. The molecule has 6 nitrogen and oxygen atoms in total. The summed E-state index contributed by atoms with van der Waals surface area (Å²) in [5.41, 5.74) is 0.289. The molecule has 106 valence electrons. The first-order valence-corrected chi connectivity index (χ1v) is 6.82. The molecule has 0 radical (unpaired) electrons. The van der Waals surface area contributed by atoms with Crippen molar-refractivity contribution < 1.29 is 4.74 Å². The van der Waals surface area contributed by atoms with E-state index in [2.05, 4.69) is 15.7 Å². The molecule has 19 heavy (non-hydrogen) atoms. The Kier molecular flexibility index (Phi) is 5.18. The molecule has 2 rings (SSSR count). The second kappa shape index (κ2) is 6.88. The lowest BCUT2D eigenvalue weighted by Crippen LogP contribution is -2.28. The molecule has 1 aliphatic carbocycles. The lowest BCUT2D eigenvalue weighted by Gasteiger charge is -2.10. The minimum atomic E-state index is -0.293. The van der Waals surface area contributed by atoms with Crippen LogP contribution in [0.4, 0.5) is 5.69 Å². The van der Waals surface area contributed by atoms with Crippen molar-refractivity contribution in [3.05, 3.63) is 21.6 Å². The number of rotatable bonds is 8. The number of methoxy groups -OCH3 is 1. The highest BCUT2D eigenvalue weighted by Crippen LogP contribution is 2.18. The first-order valence-electron chi connectivity index (χ1n) is 6.44. The zero-order chi connectivity index (χ0) is 13.7. The van der Waals surface area contributed by atoms with Crippen LogP contribution in [0.3, 0.4) is 0 Å². The molecular formula is C12H19ClN4O2. The van der Waals surface area contributed by atoms with Gasteiger partial charge in [-0.3, -0.25) is 4.79 Å². The second-order valence-corrected chi connectivity index (χ2v) is 4.93. The molecule has 1 aliphatic rings. The third-order valence-electron chi connectivity index (χ3n) is 2.94. The van der Waals surface area contributed by atoms with Crippen molar-refractivity contribution in [3.63, 3.8) is 0 Å². The highest BCUT2D eigenvalue weighted by atomic mass is 35.5. The summed E-state index contributed by atoms with van der Waals surface area (Å²) in [7, 11) is 1.58. The van der Waals surface area contributed by atoms with Gasteiger partial charge in [-0.1, -0.05) is 11.6 Å². The van der Waals surface area contributed by atoms with Crippen LogP contribution in [0, 0.1) is 0 Å². The van der Waals surface area contributed by atoms with Gasteiger partial charge < -0.3 is 15.4 Å². The average molecular weight is 287 g/mol. The number of hydrogen-bond acceptors (Lipinski definition) is 5. The molecule has 0 amide bonds. The highest BCUT2D eigenvalue weighted by Gasteiger charge is 2.19. The number of nitrogens with one attached hydrogen (secondary N) is 2. The SMILES string of the molecule is COCCn1ncc(NCCNC2CC2)c(Cl)c1=O. The first kappa shape index (κ1) is 14.3. The summed E-state index contributed by atoms with van der Waals surface area (Å²) < 4.78 is 6.22. The lowest BCUT2D eigenvalue weighted by atomic mass is 10.4. The van der Waals surface area contributed by atoms with E-state index in [0.717, 1.165) is 13.1 Å². The van der Waals surface area contributed by atoms with Crippen molar-refractivity contribution in [2.24, 2.45) is 0 Å². The zero-order valence-corrected chi connectivity index (χ0v) is 11.7. The predicted octanol–water partition coefficient (Wildman–Crippen LogP) is 0.707. The fourth-order valence-electron chi connectivity index (χ4n) is 1.69. The van der Waals surface area contributed by atoms with E-state index in [-0.39, 0.29) is 10.6 Å². The minimum absolute atomic E-state index is 0.178. The van der Waals surface area contributed by atoms with Gasteiger partial charge in [0.05, 0.1) is 25.0 Å². The molecule has 0 spiro atoms. The van der Waals surface area contributed by atoms with E-state index in [0.29, 0.717) is 24.9 Å². The highest BCUT2D eigenvalue weighted by molar-refractivity contribution is 6.32. The summed E-state index contributed by atoms with van der Waals surface area (Å²) in [5, 5.41) is 10.7. The second-order valence-electron chi connectivity index (χ2n) is 4.55. The number of nitrogens with zero attached hydrogens (tertiary/aromatic N) is 2. The summed E-state index contributed by atoms with van der Waals surface area (Å²) in [4.78, 5) is 11.9. The molecule has 1 aromatic rings. The number of hydrogen-bond donors (Lipinski definition) is 2. The molecule has 1 aromatic heterocycles. The fourth-order valence-corrected chi connectivity index (χ4v) is 1.90. The standard InChI is InChI=1S/C12H19ClN4O2/c1-19-7-6-17-12(18)11(13)10(8-16-17)15-5-4-14-9-2-3-9/h8-9,14-15H,2-7H2,1H3. The molecule has 0 atom stereocenters. The topological polar surface area (TPSA) is 68.2 Å². The van der Waals surface area contributed by atoms with Crippen LogP contribution in [0.1, 0.15) is 12.8 Å². The molecule has 0 saturated heterocycles. The van der Waals surface area contributed by atoms with Gasteiger partial charge >= 0.3 is 0 Å². The predicted molar refractivity (Wildman–Crippen MR) is 74.9 cm³/mol. The maximum absolute atomic E-state index is 11.9. The Hall–Kier alpha value is -1.11. The van der Waals surface area contributed by atoms with Crippen molar-refractivity contribution in [3.8, 4) is 0 Å². The third kappa shape index (κ3) is 4.19. The Morgan fingerprint density at radius 3 is 3.00 bits per heavy atom.